The minimum Gasteiger partial charge on any atom is -0.466 e. The fraction of sp³-hybridized carbons (Fsp3) is 0.435. The average molecular weight is 538 g/mol. The second-order valence-electron chi connectivity index (χ2n) is 8.56. The molecule has 0 spiro atoms. The third-order valence-corrected chi connectivity index (χ3v) is 6.37. The first-order valence-electron chi connectivity index (χ1n) is 11.1. The van der Waals surface area contributed by atoms with Crippen LogP contribution in [0.3, 0.4) is 0 Å². The number of rotatable bonds is 8. The van der Waals surface area contributed by atoms with Gasteiger partial charge in [0.15, 0.2) is 11.5 Å². The number of methoxy groups -OCH3 is 2. The zero-order chi connectivity index (χ0) is 27.0. The number of halogens is 2. The Morgan fingerprint density at radius 3 is 2.54 bits per heavy atom. The molecule has 3 heterocycles. The van der Waals surface area contributed by atoms with Gasteiger partial charge in [-0.15, -0.1) is 0 Å². The number of nitrogen functional groups attached to an aromatic ring is 1. The lowest BCUT2D eigenvalue weighted by atomic mass is 9.93. The van der Waals surface area contributed by atoms with Gasteiger partial charge in [-0.05, 0) is 24.1 Å². The Morgan fingerprint density at radius 2 is 1.92 bits per heavy atom. The second kappa shape index (κ2) is 10.2. The van der Waals surface area contributed by atoms with E-state index in [9.17, 15) is 14.7 Å². The summed E-state index contributed by atoms with van der Waals surface area (Å²) in [6.07, 6.45) is -2.28. The Hall–Kier alpha value is -3.39. The Labute approximate surface area is 215 Å². The van der Waals surface area contributed by atoms with Crippen LogP contribution < -0.4 is 5.73 Å². The van der Waals surface area contributed by atoms with E-state index in [1.54, 1.807) is 24.3 Å². The number of aryl methyl sites for hydroxylation is 1. The molecule has 0 radical (unpaired) electrons. The van der Waals surface area contributed by atoms with Crippen molar-refractivity contribution in [1.82, 2.24) is 19.5 Å². The molecule has 0 unspecified atom stereocenters. The van der Waals surface area contributed by atoms with E-state index in [0.717, 1.165) is 30.7 Å². The van der Waals surface area contributed by atoms with Crippen molar-refractivity contribution in [3.8, 4) is 0 Å². The van der Waals surface area contributed by atoms with E-state index in [2.05, 4.69) is 15.0 Å². The molecule has 1 aliphatic rings. The molecule has 0 aliphatic carbocycles. The monoisotopic (exact) mass is 537 g/mol. The summed E-state index contributed by atoms with van der Waals surface area (Å²) in [5.41, 5.74) is 5.13. The predicted octanol–water partition coefficient (Wildman–Crippen LogP) is 1.10. The van der Waals surface area contributed by atoms with Gasteiger partial charge in [-0.25, -0.2) is 19.0 Å². The number of nitrogens with two attached hydrogens (primary N) is 1. The third-order valence-electron chi connectivity index (χ3n) is 6.20. The molecule has 2 aromatic heterocycles. The third kappa shape index (κ3) is 4.70. The summed E-state index contributed by atoms with van der Waals surface area (Å²) < 4.78 is 38.0. The Balaban J connectivity index is 1.61. The van der Waals surface area contributed by atoms with Crippen molar-refractivity contribution in [1.29, 1.82) is 0 Å². The molecule has 1 aliphatic heterocycles. The van der Waals surface area contributed by atoms with Gasteiger partial charge in [-0.1, -0.05) is 29.8 Å². The number of aliphatic hydroxyl groups is 1. The molecule has 3 aromatic rings. The number of aromatic nitrogens is 4. The molecule has 0 saturated carbocycles. The molecule has 12 nitrogen and oxygen atoms in total. The number of esters is 2. The minimum absolute atomic E-state index is 0.0537. The van der Waals surface area contributed by atoms with Gasteiger partial charge in [0.05, 0.1) is 27.2 Å². The van der Waals surface area contributed by atoms with Crippen molar-refractivity contribution < 1.29 is 38.0 Å². The van der Waals surface area contributed by atoms with Gasteiger partial charge in [0, 0.05) is 6.42 Å². The van der Waals surface area contributed by atoms with E-state index in [0.29, 0.717) is 5.56 Å². The maximum atomic E-state index is 16.1. The summed E-state index contributed by atoms with van der Waals surface area (Å²) in [6, 6.07) is 7.03. The smallest absolute Gasteiger partial charge is 0.350 e. The number of hydrogen-bond acceptors (Lipinski definition) is 11. The van der Waals surface area contributed by atoms with Crippen LogP contribution >= 0.6 is 11.6 Å². The number of alkyl halides is 1. The molecule has 37 heavy (non-hydrogen) atoms. The first-order chi connectivity index (χ1) is 17.6. The number of carbonyl (C=O) groups excluding carboxylic acids is 2. The quantitative estimate of drug-likeness (QED) is 0.240. The van der Waals surface area contributed by atoms with E-state index in [1.807, 2.05) is 6.92 Å². The van der Waals surface area contributed by atoms with Crippen LogP contribution in [0.15, 0.2) is 30.6 Å². The largest absolute Gasteiger partial charge is 0.466 e. The highest BCUT2D eigenvalue weighted by molar-refractivity contribution is 6.28. The predicted molar refractivity (Wildman–Crippen MR) is 127 cm³/mol. The maximum absolute atomic E-state index is 16.1. The second-order valence-corrected chi connectivity index (χ2v) is 8.90. The zero-order valence-electron chi connectivity index (χ0n) is 20.2. The van der Waals surface area contributed by atoms with Crippen LogP contribution in [0.4, 0.5) is 10.2 Å². The molecule has 3 atom stereocenters. The van der Waals surface area contributed by atoms with Gasteiger partial charge >= 0.3 is 11.9 Å². The standard InChI is InChI=1S/C23H25ClFN5O7/c1-12-4-6-13(7-5-12)8-22(19(32)34-2,20(33)35-3)37-9-14-16(31)23(25,10-36-14)30-11-27-15-17(26)28-21(24)29-18(15)30/h4-7,11,14,16,31H,8-10H2,1-3H3,(H2,26,28,29)/t14-,16-,23+/m1/s1. The highest BCUT2D eigenvalue weighted by Gasteiger charge is 2.55. The van der Waals surface area contributed by atoms with Crippen LogP contribution in [0.5, 0.6) is 0 Å². The number of nitrogens with zero attached hydrogens (tertiary/aromatic N) is 4. The van der Waals surface area contributed by atoms with Gasteiger partial charge in [0.2, 0.25) is 11.1 Å². The number of anilines is 1. The Bertz CT molecular complexity index is 1300. The molecule has 4 rings (SSSR count). The maximum Gasteiger partial charge on any atom is 0.350 e. The van der Waals surface area contributed by atoms with Gasteiger partial charge in [-0.3, -0.25) is 4.57 Å². The molecular formula is C23H25ClFN5O7. The van der Waals surface area contributed by atoms with Crippen LogP contribution in [-0.2, 0) is 40.8 Å². The normalized spacial score (nSPS) is 21.8. The number of carbonyl (C=O) groups is 2. The van der Waals surface area contributed by atoms with Crippen LogP contribution in [0.1, 0.15) is 11.1 Å². The number of imidazole rings is 1. The zero-order valence-corrected chi connectivity index (χ0v) is 20.9. The van der Waals surface area contributed by atoms with Crippen LogP contribution in [0.25, 0.3) is 11.2 Å². The summed E-state index contributed by atoms with van der Waals surface area (Å²) in [5.74, 6) is -4.67. The van der Waals surface area contributed by atoms with Crippen LogP contribution in [-0.4, -0.2) is 81.8 Å². The van der Waals surface area contributed by atoms with Crippen molar-refractivity contribution in [3.05, 3.63) is 47.0 Å². The molecule has 0 bridgehead atoms. The molecule has 3 N–H and O–H groups in total. The number of ether oxygens (including phenoxy) is 4. The van der Waals surface area contributed by atoms with E-state index in [1.165, 1.54) is 0 Å². The fourth-order valence-corrected chi connectivity index (χ4v) is 4.32. The fourth-order valence-electron chi connectivity index (χ4n) is 4.15. The summed E-state index contributed by atoms with van der Waals surface area (Å²) in [5, 5.41) is 10.7. The summed E-state index contributed by atoms with van der Waals surface area (Å²) in [7, 11) is 2.18. The van der Waals surface area contributed by atoms with Gasteiger partial charge in [0.25, 0.3) is 5.60 Å². The van der Waals surface area contributed by atoms with E-state index in [-0.39, 0.29) is 28.7 Å². The topological polar surface area (TPSA) is 161 Å². The molecule has 14 heteroatoms. The van der Waals surface area contributed by atoms with E-state index >= 15 is 4.39 Å². The van der Waals surface area contributed by atoms with Crippen LogP contribution in [0, 0.1) is 6.92 Å². The van der Waals surface area contributed by atoms with E-state index < -0.39 is 48.8 Å². The van der Waals surface area contributed by atoms with Crippen molar-refractivity contribution in [2.75, 3.05) is 33.2 Å². The lowest BCUT2D eigenvalue weighted by Crippen LogP contribution is -2.54. The SMILES string of the molecule is COC(=O)C(Cc1ccc(C)cc1)(OC[C@H]1OC[C@](F)(n2cnc3c(N)nc(Cl)nc32)[C@@H]1O)C(=O)OC. The lowest BCUT2D eigenvalue weighted by molar-refractivity contribution is -0.193. The molecule has 1 fully saturated rings. The highest BCUT2D eigenvalue weighted by Crippen LogP contribution is 2.37. The summed E-state index contributed by atoms with van der Waals surface area (Å²) in [6.45, 7) is 0.692. The summed E-state index contributed by atoms with van der Waals surface area (Å²) in [4.78, 5) is 37.4. The van der Waals surface area contributed by atoms with Gasteiger partial charge in [-0.2, -0.15) is 9.97 Å². The van der Waals surface area contributed by atoms with E-state index in [4.69, 9.17) is 36.3 Å². The van der Waals surface area contributed by atoms with Gasteiger partial charge < -0.3 is 29.8 Å². The number of benzene rings is 1. The van der Waals surface area contributed by atoms with Crippen molar-refractivity contribution in [2.45, 2.75) is 36.9 Å². The highest BCUT2D eigenvalue weighted by atomic mass is 35.5. The molecule has 1 aromatic carbocycles. The van der Waals surface area contributed by atoms with Crippen molar-refractivity contribution in [2.24, 2.45) is 0 Å². The Kier molecular flexibility index (Phi) is 7.33. The summed E-state index contributed by atoms with van der Waals surface area (Å²) >= 11 is 5.86. The Morgan fingerprint density at radius 1 is 1.27 bits per heavy atom. The average Bonchev–Trinajstić information content (AvgIpc) is 3.44. The van der Waals surface area contributed by atoms with Gasteiger partial charge in [0.1, 0.15) is 24.3 Å². The number of aliphatic hydroxyl groups excluding tert-OH is 1. The first-order valence-corrected chi connectivity index (χ1v) is 11.4. The molecule has 1 saturated heterocycles. The van der Waals surface area contributed by atoms with Crippen molar-refractivity contribution >= 4 is 40.5 Å². The van der Waals surface area contributed by atoms with Crippen LogP contribution in [0.2, 0.25) is 5.28 Å². The first kappa shape index (κ1) is 26.7. The molecule has 0 amide bonds. The lowest BCUT2D eigenvalue weighted by Gasteiger charge is -2.30. The number of hydrogen-bond donors (Lipinski definition) is 2. The number of fused-ring (bicyclic) bond motifs is 1. The van der Waals surface area contributed by atoms with Crippen molar-refractivity contribution in [3.63, 3.8) is 0 Å². The minimum atomic E-state index is -2.55. The molecule has 198 valence electrons. The molecular weight excluding hydrogens is 513 g/mol.